The molecule has 136 valence electrons. The van der Waals surface area contributed by atoms with Crippen LogP contribution in [0.5, 0.6) is 11.5 Å². The highest BCUT2D eigenvalue weighted by molar-refractivity contribution is 5.90. The molecule has 0 aromatic heterocycles. The van der Waals surface area contributed by atoms with Crippen LogP contribution in [0.3, 0.4) is 0 Å². The molecule has 0 saturated carbocycles. The number of hydrogen-bond acceptors (Lipinski definition) is 3. The maximum atomic E-state index is 11.0. The third-order valence-corrected chi connectivity index (χ3v) is 3.84. The van der Waals surface area contributed by atoms with Gasteiger partial charge in [0.1, 0.15) is 24.7 Å². The number of carbonyl (C=O) groups is 1. The highest BCUT2D eigenvalue weighted by Gasteiger charge is 2.04. The van der Waals surface area contributed by atoms with E-state index >= 15 is 0 Å². The summed E-state index contributed by atoms with van der Waals surface area (Å²) < 4.78 is 11.8. The van der Waals surface area contributed by atoms with Crippen LogP contribution >= 0.6 is 0 Å². The summed E-state index contributed by atoms with van der Waals surface area (Å²) in [7, 11) is 0. The van der Waals surface area contributed by atoms with Gasteiger partial charge in [-0.15, -0.1) is 0 Å². The Kier molecular flexibility index (Phi) is 6.26. The summed E-state index contributed by atoms with van der Waals surface area (Å²) in [6, 6.07) is 25.4. The van der Waals surface area contributed by atoms with E-state index in [2.05, 4.69) is 0 Å². The lowest BCUT2D eigenvalue weighted by Gasteiger charge is -2.11. The zero-order valence-electron chi connectivity index (χ0n) is 14.9. The third-order valence-electron chi connectivity index (χ3n) is 3.84. The van der Waals surface area contributed by atoms with Crippen LogP contribution in [0, 0.1) is 0 Å². The van der Waals surface area contributed by atoms with Gasteiger partial charge in [-0.25, -0.2) is 0 Å². The van der Waals surface area contributed by atoms with Crippen LogP contribution in [0.25, 0.3) is 6.08 Å². The van der Waals surface area contributed by atoms with Crippen LogP contribution in [0.15, 0.2) is 84.9 Å². The Morgan fingerprint density at radius 1 is 0.778 bits per heavy atom. The van der Waals surface area contributed by atoms with E-state index in [1.807, 2.05) is 78.9 Å². The first-order valence-corrected chi connectivity index (χ1v) is 8.65. The molecule has 3 aromatic rings. The van der Waals surface area contributed by atoms with E-state index in [0.717, 1.165) is 16.7 Å². The van der Waals surface area contributed by atoms with Crippen LogP contribution < -0.4 is 15.2 Å². The molecule has 0 atom stereocenters. The molecule has 2 N–H and O–H groups in total. The van der Waals surface area contributed by atoms with Crippen molar-refractivity contribution in [3.05, 3.63) is 102 Å². The summed E-state index contributed by atoms with van der Waals surface area (Å²) in [5.74, 6) is 0.819. The molecule has 0 saturated heterocycles. The first-order chi connectivity index (χ1) is 13.2. The monoisotopic (exact) mass is 359 g/mol. The quantitative estimate of drug-likeness (QED) is 0.609. The van der Waals surface area contributed by atoms with Gasteiger partial charge in [-0.3, -0.25) is 4.79 Å². The average Bonchev–Trinajstić information content (AvgIpc) is 2.71. The molecule has 0 aliphatic rings. The second-order valence-electron chi connectivity index (χ2n) is 6.02. The maximum Gasteiger partial charge on any atom is 0.241 e. The van der Waals surface area contributed by atoms with Gasteiger partial charge in [0.25, 0.3) is 0 Å². The van der Waals surface area contributed by atoms with Gasteiger partial charge in [0, 0.05) is 12.1 Å². The second kappa shape index (κ2) is 9.25. The Hall–Kier alpha value is -3.53. The normalized spacial score (nSPS) is 10.7. The van der Waals surface area contributed by atoms with E-state index < -0.39 is 5.91 Å². The molecule has 0 aliphatic heterocycles. The molecule has 1 amide bonds. The van der Waals surface area contributed by atoms with E-state index in [1.165, 1.54) is 6.08 Å². The van der Waals surface area contributed by atoms with Gasteiger partial charge in [0.2, 0.25) is 5.91 Å². The number of amides is 1. The number of benzene rings is 3. The molecule has 0 unspecified atom stereocenters. The van der Waals surface area contributed by atoms with Crippen LogP contribution in [0.2, 0.25) is 0 Å². The lowest BCUT2D eigenvalue weighted by atomic mass is 10.1. The standard InChI is InChI=1S/C23H21NO3/c24-23(25)12-11-20-13-21(26-16-18-7-3-1-4-8-18)15-22(14-20)27-17-19-9-5-2-6-10-19/h1-15H,16-17H2,(H2,24,25)/b12-11-. The van der Waals surface area contributed by atoms with Gasteiger partial charge >= 0.3 is 0 Å². The minimum Gasteiger partial charge on any atom is -0.489 e. The highest BCUT2D eigenvalue weighted by Crippen LogP contribution is 2.25. The smallest absolute Gasteiger partial charge is 0.241 e. The summed E-state index contributed by atoms with van der Waals surface area (Å²) in [6.45, 7) is 0.893. The molecular formula is C23H21NO3. The number of ether oxygens (including phenoxy) is 2. The van der Waals surface area contributed by atoms with Gasteiger partial charge < -0.3 is 15.2 Å². The Morgan fingerprint density at radius 3 is 1.70 bits per heavy atom. The second-order valence-corrected chi connectivity index (χ2v) is 6.02. The van der Waals surface area contributed by atoms with Crippen LogP contribution in [0.1, 0.15) is 16.7 Å². The molecule has 0 spiro atoms. The lowest BCUT2D eigenvalue weighted by molar-refractivity contribution is -0.113. The van der Waals surface area contributed by atoms with Crippen LogP contribution in [-0.2, 0) is 18.0 Å². The summed E-state index contributed by atoms with van der Waals surface area (Å²) in [5.41, 5.74) is 8.12. The lowest BCUT2D eigenvalue weighted by Crippen LogP contribution is -2.05. The first-order valence-electron chi connectivity index (χ1n) is 8.65. The van der Waals surface area contributed by atoms with E-state index in [1.54, 1.807) is 6.08 Å². The summed E-state index contributed by atoms with van der Waals surface area (Å²) in [4.78, 5) is 11.0. The Morgan fingerprint density at radius 2 is 1.26 bits per heavy atom. The zero-order chi connectivity index (χ0) is 18.9. The molecule has 3 aromatic carbocycles. The number of carbonyl (C=O) groups excluding carboxylic acids is 1. The minimum absolute atomic E-state index is 0.446. The molecular weight excluding hydrogens is 338 g/mol. The molecule has 0 aliphatic carbocycles. The number of nitrogens with two attached hydrogens (primary N) is 1. The fourth-order valence-electron chi connectivity index (χ4n) is 2.52. The van der Waals surface area contributed by atoms with Gasteiger partial charge in [-0.1, -0.05) is 60.7 Å². The van der Waals surface area contributed by atoms with Gasteiger partial charge in [0.05, 0.1) is 0 Å². The largest absolute Gasteiger partial charge is 0.489 e. The van der Waals surface area contributed by atoms with Crippen LogP contribution in [0.4, 0.5) is 0 Å². The summed E-state index contributed by atoms with van der Waals surface area (Å²) in [6.07, 6.45) is 2.96. The van der Waals surface area contributed by atoms with E-state index in [4.69, 9.17) is 15.2 Å². The molecule has 0 heterocycles. The minimum atomic E-state index is -0.502. The molecule has 27 heavy (non-hydrogen) atoms. The van der Waals surface area contributed by atoms with Gasteiger partial charge in [-0.05, 0) is 34.9 Å². The van der Waals surface area contributed by atoms with Crippen molar-refractivity contribution in [1.29, 1.82) is 0 Å². The highest BCUT2D eigenvalue weighted by atomic mass is 16.5. The average molecular weight is 359 g/mol. The molecule has 0 bridgehead atoms. The van der Waals surface area contributed by atoms with Crippen LogP contribution in [-0.4, -0.2) is 5.91 Å². The number of primary amides is 1. The van der Waals surface area contributed by atoms with E-state index in [9.17, 15) is 4.79 Å². The topological polar surface area (TPSA) is 61.6 Å². The van der Waals surface area contributed by atoms with Crippen molar-refractivity contribution in [2.45, 2.75) is 13.2 Å². The predicted molar refractivity (Wildman–Crippen MR) is 106 cm³/mol. The molecule has 3 rings (SSSR count). The summed E-state index contributed by atoms with van der Waals surface area (Å²) in [5, 5.41) is 0. The molecule has 0 fully saturated rings. The molecule has 0 radical (unpaired) electrons. The Balaban J connectivity index is 1.76. The van der Waals surface area contributed by atoms with E-state index in [0.29, 0.717) is 24.7 Å². The first kappa shape index (κ1) is 18.3. The summed E-state index contributed by atoms with van der Waals surface area (Å²) >= 11 is 0. The van der Waals surface area contributed by atoms with E-state index in [-0.39, 0.29) is 0 Å². The van der Waals surface area contributed by atoms with Crippen molar-refractivity contribution in [2.24, 2.45) is 5.73 Å². The number of hydrogen-bond donors (Lipinski definition) is 1. The maximum absolute atomic E-state index is 11.0. The molecule has 4 nitrogen and oxygen atoms in total. The zero-order valence-corrected chi connectivity index (χ0v) is 14.9. The van der Waals surface area contributed by atoms with Crippen molar-refractivity contribution >= 4 is 12.0 Å². The van der Waals surface area contributed by atoms with Crippen molar-refractivity contribution < 1.29 is 14.3 Å². The fourth-order valence-corrected chi connectivity index (χ4v) is 2.52. The number of rotatable bonds is 8. The van der Waals surface area contributed by atoms with Crippen molar-refractivity contribution in [3.63, 3.8) is 0 Å². The Bertz CT molecular complexity index is 844. The third kappa shape index (κ3) is 6.04. The SMILES string of the molecule is NC(=O)/C=C\c1cc(OCc2ccccc2)cc(OCc2ccccc2)c1. The fraction of sp³-hybridized carbons (Fsp3) is 0.0870. The predicted octanol–water partition coefficient (Wildman–Crippen LogP) is 4.34. The van der Waals surface area contributed by atoms with Gasteiger partial charge in [-0.2, -0.15) is 0 Å². The van der Waals surface area contributed by atoms with Gasteiger partial charge in [0.15, 0.2) is 0 Å². The van der Waals surface area contributed by atoms with Crippen molar-refractivity contribution in [3.8, 4) is 11.5 Å². The van der Waals surface area contributed by atoms with Crippen molar-refractivity contribution in [1.82, 2.24) is 0 Å². The molecule has 4 heteroatoms. The van der Waals surface area contributed by atoms with Crippen molar-refractivity contribution in [2.75, 3.05) is 0 Å². The Labute approximate surface area is 158 Å².